The molecule has 5 heteroatoms. The fraction of sp³-hybridized carbons (Fsp3) is 0.583. The fourth-order valence-corrected chi connectivity index (χ4v) is 0.949. The summed E-state index contributed by atoms with van der Waals surface area (Å²) < 4.78 is 10.5. The summed E-state index contributed by atoms with van der Waals surface area (Å²) in [7, 11) is 0. The van der Waals surface area contributed by atoms with Gasteiger partial charge in [0, 0.05) is 12.4 Å². The van der Waals surface area contributed by atoms with E-state index in [1.165, 1.54) is 19.6 Å². The second-order valence-corrected chi connectivity index (χ2v) is 3.03. The second-order valence-electron chi connectivity index (χ2n) is 3.03. The van der Waals surface area contributed by atoms with E-state index in [1.807, 2.05) is 24.5 Å². The summed E-state index contributed by atoms with van der Waals surface area (Å²) in [6, 6.07) is 3.89. The van der Waals surface area contributed by atoms with Gasteiger partial charge in [0.2, 0.25) is 0 Å². The Hall–Kier alpha value is -1.36. The minimum atomic E-state index is -1.41. The van der Waals surface area contributed by atoms with E-state index in [1.54, 1.807) is 0 Å². The number of aromatic nitrogens is 1. The molecule has 0 unspecified atom stereocenters. The number of carboxylic acids is 1. The Bertz CT molecular complexity index is 214. The van der Waals surface area contributed by atoms with Gasteiger partial charge < -0.3 is 15.0 Å². The van der Waals surface area contributed by atoms with Crippen molar-refractivity contribution in [3.05, 3.63) is 24.5 Å². The van der Waals surface area contributed by atoms with Crippen molar-refractivity contribution in [1.82, 2.24) is 9.88 Å². The lowest BCUT2D eigenvalue weighted by molar-refractivity contribution is -0.137. The zero-order valence-corrected chi connectivity index (χ0v) is 10.8. The monoisotopic (exact) mass is 246 g/mol. The molecular weight excluding hydrogens is 223 g/mol. The summed E-state index contributed by atoms with van der Waals surface area (Å²) in [4.78, 5) is 14.2. The Labute approximate surface area is 102 Å². The summed E-state index contributed by atoms with van der Waals surface area (Å²) in [6.45, 7) is 8.85. The predicted molar refractivity (Wildman–Crippen MR) is 67.9 cm³/mol. The number of carboxylic acid groups (broad SMARTS) is 1. The molecular formula is C12H23FN2O2. The number of alkyl halides is 1. The van der Waals surface area contributed by atoms with E-state index >= 15 is 0 Å². The minimum Gasteiger partial charge on any atom is -0.479 e. The number of nitrogens with one attached hydrogen (secondary N) is 1. The maximum atomic E-state index is 10.5. The van der Waals surface area contributed by atoms with Crippen LogP contribution in [0.5, 0.6) is 0 Å². The molecule has 1 heterocycles. The van der Waals surface area contributed by atoms with Crippen LogP contribution in [0.25, 0.3) is 0 Å². The number of hydrogen-bond donors (Lipinski definition) is 2. The first-order chi connectivity index (χ1) is 8.12. The fourth-order valence-electron chi connectivity index (χ4n) is 0.949. The maximum absolute atomic E-state index is 10.5. The molecule has 17 heavy (non-hydrogen) atoms. The Balaban J connectivity index is 0. The van der Waals surface area contributed by atoms with Gasteiger partial charge in [-0.2, -0.15) is 0 Å². The molecule has 0 aliphatic heterocycles. The van der Waals surface area contributed by atoms with Crippen molar-refractivity contribution in [3.63, 3.8) is 0 Å². The van der Waals surface area contributed by atoms with E-state index in [-0.39, 0.29) is 0 Å². The quantitative estimate of drug-likeness (QED) is 0.857. The van der Waals surface area contributed by atoms with Crippen molar-refractivity contribution in [1.29, 1.82) is 0 Å². The van der Waals surface area contributed by atoms with E-state index in [9.17, 15) is 4.39 Å². The van der Waals surface area contributed by atoms with Gasteiger partial charge in [0.15, 0.2) is 6.67 Å². The predicted octanol–water partition coefficient (Wildman–Crippen LogP) is 2.40. The molecule has 0 aromatic carbocycles. The highest BCUT2D eigenvalue weighted by molar-refractivity contribution is 5.67. The average molecular weight is 246 g/mol. The van der Waals surface area contributed by atoms with Crippen molar-refractivity contribution in [2.75, 3.05) is 26.3 Å². The van der Waals surface area contributed by atoms with Crippen molar-refractivity contribution in [2.45, 2.75) is 20.8 Å². The molecule has 0 radical (unpaired) electrons. The number of halogens is 1. The highest BCUT2D eigenvalue weighted by Crippen LogP contribution is 1.81. The average Bonchev–Trinajstić information content (AvgIpc) is 2.91. The van der Waals surface area contributed by atoms with Gasteiger partial charge in [-0.25, -0.2) is 9.18 Å². The molecule has 0 spiro atoms. The largest absolute Gasteiger partial charge is 0.479 e. The number of H-pyrrole nitrogens is 1. The van der Waals surface area contributed by atoms with Crippen LogP contribution >= 0.6 is 0 Å². The highest BCUT2D eigenvalue weighted by Gasteiger charge is 1.89. The number of aliphatic carboxylic acids is 1. The number of aromatic amines is 1. The lowest BCUT2D eigenvalue weighted by Gasteiger charge is -2.13. The van der Waals surface area contributed by atoms with E-state index in [0.29, 0.717) is 0 Å². The van der Waals surface area contributed by atoms with Crippen LogP contribution in [-0.2, 0) is 4.79 Å². The van der Waals surface area contributed by atoms with Gasteiger partial charge in [0.1, 0.15) is 0 Å². The summed E-state index contributed by atoms with van der Waals surface area (Å²) in [5.41, 5.74) is 0. The number of hydrogen-bond acceptors (Lipinski definition) is 2. The standard InChI is InChI=1S/C6H15N.C4H5N.C2H3FO2/c1-4-7(5-2)6-3;1-2-4-5-3-1;3-1-2(4)5/h4-6H2,1-3H3;1-5H;1H2,(H,4,5). The molecule has 1 rings (SSSR count). The molecule has 0 aliphatic carbocycles. The zero-order valence-electron chi connectivity index (χ0n) is 10.8. The van der Waals surface area contributed by atoms with Crippen molar-refractivity contribution in [2.24, 2.45) is 0 Å². The van der Waals surface area contributed by atoms with Crippen LogP contribution in [0.4, 0.5) is 4.39 Å². The molecule has 0 bridgehead atoms. The molecule has 4 nitrogen and oxygen atoms in total. The molecule has 0 fully saturated rings. The first kappa shape index (κ1) is 18.0. The zero-order chi connectivity index (χ0) is 13.5. The SMILES string of the molecule is CCN(CC)CC.O=C(O)CF.c1cc[nH]c1. The van der Waals surface area contributed by atoms with Gasteiger partial charge in [0.25, 0.3) is 0 Å². The summed E-state index contributed by atoms with van der Waals surface area (Å²) >= 11 is 0. The van der Waals surface area contributed by atoms with E-state index in [4.69, 9.17) is 9.90 Å². The molecule has 100 valence electrons. The van der Waals surface area contributed by atoms with Crippen LogP contribution in [-0.4, -0.2) is 47.3 Å². The van der Waals surface area contributed by atoms with Gasteiger partial charge in [-0.3, -0.25) is 0 Å². The highest BCUT2D eigenvalue weighted by atomic mass is 19.1. The van der Waals surface area contributed by atoms with Crippen LogP contribution in [0.15, 0.2) is 24.5 Å². The van der Waals surface area contributed by atoms with Gasteiger partial charge in [0.05, 0.1) is 0 Å². The smallest absolute Gasteiger partial charge is 0.335 e. The van der Waals surface area contributed by atoms with Crippen LogP contribution in [0.2, 0.25) is 0 Å². The van der Waals surface area contributed by atoms with Crippen molar-refractivity contribution >= 4 is 5.97 Å². The summed E-state index contributed by atoms with van der Waals surface area (Å²) in [6.07, 6.45) is 3.75. The number of carbonyl (C=O) groups is 1. The lowest BCUT2D eigenvalue weighted by atomic mass is 10.5. The number of rotatable bonds is 4. The third-order valence-corrected chi connectivity index (χ3v) is 1.95. The molecule has 0 atom stereocenters. The normalized spacial score (nSPS) is 8.76. The van der Waals surface area contributed by atoms with Crippen LogP contribution in [0.3, 0.4) is 0 Å². The van der Waals surface area contributed by atoms with Crippen molar-refractivity contribution < 1.29 is 14.3 Å². The van der Waals surface area contributed by atoms with Crippen LogP contribution in [0.1, 0.15) is 20.8 Å². The van der Waals surface area contributed by atoms with E-state index in [2.05, 4.69) is 30.7 Å². The van der Waals surface area contributed by atoms with Crippen molar-refractivity contribution in [3.8, 4) is 0 Å². The molecule has 0 amide bonds. The Morgan fingerprint density at radius 3 is 1.59 bits per heavy atom. The Morgan fingerprint density at radius 2 is 1.53 bits per heavy atom. The topological polar surface area (TPSA) is 56.3 Å². The first-order valence-corrected chi connectivity index (χ1v) is 5.70. The molecule has 0 saturated heterocycles. The second kappa shape index (κ2) is 14.6. The van der Waals surface area contributed by atoms with Gasteiger partial charge in [-0.15, -0.1) is 0 Å². The van der Waals surface area contributed by atoms with Crippen LogP contribution in [0, 0.1) is 0 Å². The molecule has 0 aliphatic rings. The third kappa shape index (κ3) is 17.3. The van der Waals surface area contributed by atoms with Gasteiger partial charge in [-0.05, 0) is 31.8 Å². The molecule has 0 saturated carbocycles. The maximum Gasteiger partial charge on any atom is 0.335 e. The number of nitrogens with zero attached hydrogens (tertiary/aromatic N) is 1. The summed E-state index contributed by atoms with van der Waals surface area (Å²) in [5.74, 6) is -1.41. The lowest BCUT2D eigenvalue weighted by Crippen LogP contribution is -2.21. The first-order valence-electron chi connectivity index (χ1n) is 5.70. The molecule has 2 N–H and O–H groups in total. The summed E-state index contributed by atoms with van der Waals surface area (Å²) in [5, 5.41) is 7.35. The Morgan fingerprint density at radius 1 is 1.18 bits per heavy atom. The van der Waals surface area contributed by atoms with Crippen LogP contribution < -0.4 is 0 Å². The minimum absolute atomic E-state index is 1.19. The molecule has 1 aromatic heterocycles. The third-order valence-electron chi connectivity index (χ3n) is 1.95. The van der Waals surface area contributed by atoms with E-state index < -0.39 is 12.6 Å². The Kier molecular flexibility index (Phi) is 15.5. The van der Waals surface area contributed by atoms with Gasteiger partial charge in [-0.1, -0.05) is 20.8 Å². The van der Waals surface area contributed by atoms with Gasteiger partial charge >= 0.3 is 5.97 Å². The van der Waals surface area contributed by atoms with E-state index in [0.717, 1.165) is 0 Å². The molecule has 1 aromatic rings.